The van der Waals surface area contributed by atoms with E-state index in [1.165, 1.54) is 0 Å². The zero-order chi connectivity index (χ0) is 9.97. The number of aromatic nitrogens is 1. The standard InChI is InChI=1S/C10H14ClN3/c1-8-6-13-4-5-14(8)10-2-3-12-7-9(10)11/h2-3,7-8,13H,4-6H2,1H3. The number of hydrogen-bond acceptors (Lipinski definition) is 3. The van der Waals surface area contributed by atoms with E-state index in [1.54, 1.807) is 12.4 Å². The lowest BCUT2D eigenvalue weighted by molar-refractivity contribution is 0.501. The van der Waals surface area contributed by atoms with Gasteiger partial charge in [-0.1, -0.05) is 11.6 Å². The molecule has 14 heavy (non-hydrogen) atoms. The molecule has 0 amide bonds. The molecule has 0 saturated carbocycles. The topological polar surface area (TPSA) is 28.2 Å². The summed E-state index contributed by atoms with van der Waals surface area (Å²) in [5, 5.41) is 4.09. The van der Waals surface area contributed by atoms with Crippen LogP contribution in [0.3, 0.4) is 0 Å². The van der Waals surface area contributed by atoms with Gasteiger partial charge in [0.15, 0.2) is 0 Å². The van der Waals surface area contributed by atoms with Gasteiger partial charge < -0.3 is 10.2 Å². The van der Waals surface area contributed by atoms with E-state index in [2.05, 4.69) is 22.1 Å². The smallest absolute Gasteiger partial charge is 0.0822 e. The quantitative estimate of drug-likeness (QED) is 0.764. The molecule has 0 bridgehead atoms. The van der Waals surface area contributed by atoms with Crippen molar-refractivity contribution >= 4 is 17.3 Å². The summed E-state index contributed by atoms with van der Waals surface area (Å²) < 4.78 is 0. The molecule has 76 valence electrons. The van der Waals surface area contributed by atoms with Crippen molar-refractivity contribution in [3.05, 3.63) is 23.5 Å². The van der Waals surface area contributed by atoms with E-state index >= 15 is 0 Å². The number of piperazine rings is 1. The monoisotopic (exact) mass is 211 g/mol. The molecule has 2 heterocycles. The Morgan fingerprint density at radius 3 is 3.21 bits per heavy atom. The number of nitrogens with zero attached hydrogens (tertiary/aromatic N) is 2. The van der Waals surface area contributed by atoms with E-state index < -0.39 is 0 Å². The zero-order valence-electron chi connectivity index (χ0n) is 8.20. The summed E-state index contributed by atoms with van der Waals surface area (Å²) in [5.41, 5.74) is 1.09. The zero-order valence-corrected chi connectivity index (χ0v) is 8.96. The van der Waals surface area contributed by atoms with Crippen molar-refractivity contribution in [3.63, 3.8) is 0 Å². The third-order valence-electron chi connectivity index (χ3n) is 2.56. The largest absolute Gasteiger partial charge is 0.365 e. The average molecular weight is 212 g/mol. The molecular formula is C10H14ClN3. The average Bonchev–Trinajstić information content (AvgIpc) is 2.20. The Kier molecular flexibility index (Phi) is 2.89. The van der Waals surface area contributed by atoms with Gasteiger partial charge in [-0.2, -0.15) is 0 Å². The molecule has 0 aromatic carbocycles. The van der Waals surface area contributed by atoms with Crippen LogP contribution in [0.5, 0.6) is 0 Å². The van der Waals surface area contributed by atoms with Gasteiger partial charge in [0.25, 0.3) is 0 Å². The summed E-state index contributed by atoms with van der Waals surface area (Å²) in [7, 11) is 0. The maximum absolute atomic E-state index is 6.10. The normalized spacial score (nSPS) is 22.4. The van der Waals surface area contributed by atoms with Gasteiger partial charge in [-0.05, 0) is 13.0 Å². The Labute approximate surface area is 89.1 Å². The van der Waals surface area contributed by atoms with Crippen LogP contribution in [-0.2, 0) is 0 Å². The van der Waals surface area contributed by atoms with Crippen molar-refractivity contribution in [1.29, 1.82) is 0 Å². The van der Waals surface area contributed by atoms with Crippen molar-refractivity contribution in [2.24, 2.45) is 0 Å². The molecule has 0 spiro atoms. The Morgan fingerprint density at radius 2 is 2.50 bits per heavy atom. The number of rotatable bonds is 1. The van der Waals surface area contributed by atoms with Gasteiger partial charge in [0.1, 0.15) is 0 Å². The highest BCUT2D eigenvalue weighted by Crippen LogP contribution is 2.26. The third-order valence-corrected chi connectivity index (χ3v) is 2.85. The molecule has 1 aliphatic rings. The molecule has 0 aliphatic carbocycles. The third kappa shape index (κ3) is 1.83. The molecule has 1 saturated heterocycles. The van der Waals surface area contributed by atoms with Gasteiger partial charge >= 0.3 is 0 Å². The number of halogens is 1. The van der Waals surface area contributed by atoms with Crippen molar-refractivity contribution in [2.45, 2.75) is 13.0 Å². The number of anilines is 1. The van der Waals surface area contributed by atoms with Crippen LogP contribution >= 0.6 is 11.6 Å². The second kappa shape index (κ2) is 4.15. The second-order valence-electron chi connectivity index (χ2n) is 3.57. The summed E-state index contributed by atoms with van der Waals surface area (Å²) in [5.74, 6) is 0. The number of pyridine rings is 1. The summed E-state index contributed by atoms with van der Waals surface area (Å²) >= 11 is 6.10. The Morgan fingerprint density at radius 1 is 1.64 bits per heavy atom. The first kappa shape index (κ1) is 9.74. The molecule has 0 radical (unpaired) electrons. The number of hydrogen-bond donors (Lipinski definition) is 1. The maximum Gasteiger partial charge on any atom is 0.0822 e. The van der Waals surface area contributed by atoms with Crippen molar-refractivity contribution in [1.82, 2.24) is 10.3 Å². The lowest BCUT2D eigenvalue weighted by Crippen LogP contribution is -2.50. The fourth-order valence-electron chi connectivity index (χ4n) is 1.80. The van der Waals surface area contributed by atoms with Crippen LogP contribution in [0.1, 0.15) is 6.92 Å². The Bertz CT molecular complexity index is 316. The van der Waals surface area contributed by atoms with Crippen molar-refractivity contribution in [3.8, 4) is 0 Å². The van der Waals surface area contributed by atoms with E-state index in [1.807, 2.05) is 6.07 Å². The fourth-order valence-corrected chi connectivity index (χ4v) is 2.03. The van der Waals surface area contributed by atoms with E-state index in [0.29, 0.717) is 6.04 Å². The highest BCUT2D eigenvalue weighted by atomic mass is 35.5. The van der Waals surface area contributed by atoms with Crippen LogP contribution in [0.25, 0.3) is 0 Å². The van der Waals surface area contributed by atoms with Crippen LogP contribution < -0.4 is 10.2 Å². The van der Waals surface area contributed by atoms with Crippen LogP contribution in [0.2, 0.25) is 5.02 Å². The molecule has 3 nitrogen and oxygen atoms in total. The summed E-state index contributed by atoms with van der Waals surface area (Å²) in [6.45, 7) is 5.23. The Hall–Kier alpha value is -0.800. The molecule has 1 unspecified atom stereocenters. The van der Waals surface area contributed by atoms with E-state index in [9.17, 15) is 0 Å². The van der Waals surface area contributed by atoms with E-state index in [-0.39, 0.29) is 0 Å². The fraction of sp³-hybridized carbons (Fsp3) is 0.500. The molecule has 1 atom stereocenters. The predicted molar refractivity (Wildman–Crippen MR) is 58.9 cm³/mol. The van der Waals surface area contributed by atoms with E-state index in [0.717, 1.165) is 30.3 Å². The van der Waals surface area contributed by atoms with Crippen molar-refractivity contribution in [2.75, 3.05) is 24.5 Å². The summed E-state index contributed by atoms with van der Waals surface area (Å²) in [6, 6.07) is 2.47. The van der Waals surface area contributed by atoms with Gasteiger partial charge in [0.2, 0.25) is 0 Å². The van der Waals surface area contributed by atoms with Crippen LogP contribution in [0, 0.1) is 0 Å². The maximum atomic E-state index is 6.10. The molecular weight excluding hydrogens is 198 g/mol. The van der Waals surface area contributed by atoms with Crippen LogP contribution in [0.4, 0.5) is 5.69 Å². The molecule has 1 fully saturated rings. The minimum atomic E-state index is 0.489. The molecule has 1 aliphatic heterocycles. The molecule has 1 aromatic rings. The SMILES string of the molecule is CC1CNCCN1c1ccncc1Cl. The number of nitrogens with one attached hydrogen (secondary N) is 1. The molecule has 4 heteroatoms. The van der Waals surface area contributed by atoms with Crippen molar-refractivity contribution < 1.29 is 0 Å². The first-order valence-electron chi connectivity index (χ1n) is 4.86. The highest BCUT2D eigenvalue weighted by molar-refractivity contribution is 6.33. The first-order chi connectivity index (χ1) is 6.79. The van der Waals surface area contributed by atoms with Gasteiger partial charge in [0.05, 0.1) is 10.7 Å². The van der Waals surface area contributed by atoms with Gasteiger partial charge in [-0.3, -0.25) is 4.98 Å². The van der Waals surface area contributed by atoms with Crippen LogP contribution in [0.15, 0.2) is 18.5 Å². The van der Waals surface area contributed by atoms with Gasteiger partial charge in [-0.15, -0.1) is 0 Å². The molecule has 1 aromatic heterocycles. The Balaban J connectivity index is 2.25. The highest BCUT2D eigenvalue weighted by Gasteiger charge is 2.19. The summed E-state index contributed by atoms with van der Waals surface area (Å²) in [4.78, 5) is 6.31. The first-order valence-corrected chi connectivity index (χ1v) is 5.23. The van der Waals surface area contributed by atoms with Crippen LogP contribution in [-0.4, -0.2) is 30.7 Å². The lowest BCUT2D eigenvalue weighted by atomic mass is 10.2. The summed E-state index contributed by atoms with van der Waals surface area (Å²) in [6.07, 6.45) is 3.49. The second-order valence-corrected chi connectivity index (χ2v) is 3.98. The minimum absolute atomic E-state index is 0.489. The van der Waals surface area contributed by atoms with Gasteiger partial charge in [-0.25, -0.2) is 0 Å². The lowest BCUT2D eigenvalue weighted by Gasteiger charge is -2.36. The van der Waals surface area contributed by atoms with E-state index in [4.69, 9.17) is 11.6 Å². The van der Waals surface area contributed by atoms with Gasteiger partial charge in [0, 0.05) is 38.1 Å². The minimum Gasteiger partial charge on any atom is -0.365 e. The molecule has 1 N–H and O–H groups in total. The predicted octanol–water partition coefficient (Wildman–Crippen LogP) is 1.53. The molecule has 2 rings (SSSR count).